The molecule has 0 bridgehead atoms. The molecule has 0 saturated carbocycles. The Labute approximate surface area is 171 Å². The minimum Gasteiger partial charge on any atom is -0.394 e. The molecule has 0 aliphatic heterocycles. The highest BCUT2D eigenvalue weighted by atomic mass is 32.1. The summed E-state index contributed by atoms with van der Waals surface area (Å²) >= 11 is 1.49. The van der Waals surface area contributed by atoms with Crippen LogP contribution in [-0.2, 0) is 11.3 Å². The van der Waals surface area contributed by atoms with Crippen LogP contribution in [0.25, 0.3) is 10.6 Å². The molecule has 144 valence electrons. The second-order valence-corrected chi connectivity index (χ2v) is 7.27. The van der Waals surface area contributed by atoms with Gasteiger partial charge in [0.05, 0.1) is 4.88 Å². The normalized spacial score (nSPS) is 10.6. The molecule has 2 aromatic heterocycles. The number of amides is 1. The van der Waals surface area contributed by atoms with Crippen LogP contribution in [0.1, 0.15) is 0 Å². The van der Waals surface area contributed by atoms with Gasteiger partial charge >= 0.3 is 0 Å². The van der Waals surface area contributed by atoms with Crippen molar-refractivity contribution in [3.8, 4) is 10.6 Å². The van der Waals surface area contributed by atoms with Crippen LogP contribution in [0.15, 0.2) is 89.0 Å². The zero-order valence-electron chi connectivity index (χ0n) is 15.4. The van der Waals surface area contributed by atoms with Gasteiger partial charge in [-0.05, 0) is 41.8 Å². The van der Waals surface area contributed by atoms with Crippen molar-refractivity contribution >= 4 is 34.3 Å². The number of carbonyl (C=O) groups is 1. The van der Waals surface area contributed by atoms with Gasteiger partial charge in [-0.15, -0.1) is 11.3 Å². The lowest BCUT2D eigenvalue weighted by Gasteiger charge is -2.23. The first kappa shape index (κ1) is 18.6. The second-order valence-electron chi connectivity index (χ2n) is 6.33. The predicted octanol–water partition coefficient (Wildman–Crippen LogP) is 3.92. The second kappa shape index (κ2) is 8.12. The van der Waals surface area contributed by atoms with Gasteiger partial charge < -0.3 is 5.73 Å². The van der Waals surface area contributed by atoms with Crippen LogP contribution in [0, 0.1) is 0 Å². The maximum absolute atomic E-state index is 13.3. The SMILES string of the molecule is Nc1cc(-c2cccs2)nn(CC(=O)N(c2ccccc2)c2ccccc2)c1=O. The topological polar surface area (TPSA) is 81.2 Å². The van der Waals surface area contributed by atoms with E-state index in [9.17, 15) is 9.59 Å². The summed E-state index contributed by atoms with van der Waals surface area (Å²) in [4.78, 5) is 28.2. The Kier molecular flexibility index (Phi) is 5.22. The summed E-state index contributed by atoms with van der Waals surface area (Å²) in [7, 11) is 0. The number of nitrogens with two attached hydrogens (primary N) is 1. The summed E-state index contributed by atoms with van der Waals surface area (Å²) in [5.41, 5.74) is 7.46. The number of aromatic nitrogens is 2. The van der Waals surface area contributed by atoms with E-state index in [1.165, 1.54) is 11.3 Å². The van der Waals surface area contributed by atoms with Crippen molar-refractivity contribution < 1.29 is 4.79 Å². The van der Waals surface area contributed by atoms with Crippen LogP contribution in [0.5, 0.6) is 0 Å². The predicted molar refractivity (Wildman–Crippen MR) is 116 cm³/mol. The van der Waals surface area contributed by atoms with Gasteiger partial charge in [0.2, 0.25) is 0 Å². The first-order chi connectivity index (χ1) is 14.1. The summed E-state index contributed by atoms with van der Waals surface area (Å²) in [6.45, 7) is -0.230. The van der Waals surface area contributed by atoms with Gasteiger partial charge in [0.25, 0.3) is 11.5 Å². The Morgan fingerprint density at radius 1 is 0.966 bits per heavy atom. The minimum atomic E-state index is -0.486. The maximum atomic E-state index is 13.3. The van der Waals surface area contributed by atoms with Crippen LogP contribution >= 0.6 is 11.3 Å². The summed E-state index contributed by atoms with van der Waals surface area (Å²) in [5, 5.41) is 6.29. The van der Waals surface area contributed by atoms with Crippen molar-refractivity contribution in [1.29, 1.82) is 0 Å². The van der Waals surface area contributed by atoms with Gasteiger partial charge in [0.15, 0.2) is 0 Å². The summed E-state index contributed by atoms with van der Waals surface area (Å²) in [6, 6.07) is 23.9. The molecule has 0 fully saturated rings. The quantitative estimate of drug-likeness (QED) is 0.549. The lowest BCUT2D eigenvalue weighted by molar-refractivity contribution is -0.118. The van der Waals surface area contributed by atoms with E-state index in [1.807, 2.05) is 78.2 Å². The van der Waals surface area contributed by atoms with E-state index in [2.05, 4.69) is 5.10 Å². The largest absolute Gasteiger partial charge is 0.394 e. The zero-order valence-corrected chi connectivity index (χ0v) is 16.3. The van der Waals surface area contributed by atoms with E-state index in [-0.39, 0.29) is 18.1 Å². The van der Waals surface area contributed by atoms with Crippen molar-refractivity contribution in [2.45, 2.75) is 6.54 Å². The molecule has 0 aliphatic carbocycles. The highest BCUT2D eigenvalue weighted by Gasteiger charge is 2.20. The Bertz CT molecular complexity index is 1130. The smallest absolute Gasteiger partial charge is 0.290 e. The fourth-order valence-corrected chi connectivity index (χ4v) is 3.69. The number of anilines is 3. The Morgan fingerprint density at radius 3 is 2.14 bits per heavy atom. The molecule has 0 radical (unpaired) electrons. The molecule has 0 unspecified atom stereocenters. The summed E-state index contributed by atoms with van der Waals surface area (Å²) < 4.78 is 1.13. The monoisotopic (exact) mass is 402 g/mol. The van der Waals surface area contributed by atoms with Crippen LogP contribution in [-0.4, -0.2) is 15.7 Å². The van der Waals surface area contributed by atoms with E-state index in [4.69, 9.17) is 5.73 Å². The number of para-hydroxylation sites is 2. The van der Waals surface area contributed by atoms with Crippen molar-refractivity contribution in [2.24, 2.45) is 0 Å². The Morgan fingerprint density at radius 2 is 1.59 bits per heavy atom. The fraction of sp³-hybridized carbons (Fsp3) is 0.0455. The van der Waals surface area contributed by atoms with Crippen molar-refractivity contribution in [2.75, 3.05) is 10.6 Å². The van der Waals surface area contributed by atoms with Gasteiger partial charge in [0, 0.05) is 11.4 Å². The van der Waals surface area contributed by atoms with Gasteiger partial charge in [-0.1, -0.05) is 42.5 Å². The molecule has 7 heteroatoms. The number of rotatable bonds is 5. The summed E-state index contributed by atoms with van der Waals surface area (Å²) in [5.74, 6) is -0.292. The number of thiophene rings is 1. The number of hydrogen-bond donors (Lipinski definition) is 1. The molecule has 0 spiro atoms. The van der Waals surface area contributed by atoms with E-state index in [1.54, 1.807) is 11.0 Å². The van der Waals surface area contributed by atoms with Crippen LogP contribution in [0.3, 0.4) is 0 Å². The average Bonchev–Trinajstić information content (AvgIpc) is 3.28. The molecule has 29 heavy (non-hydrogen) atoms. The third-order valence-electron chi connectivity index (χ3n) is 4.34. The van der Waals surface area contributed by atoms with Gasteiger partial charge in [-0.3, -0.25) is 14.5 Å². The first-order valence-electron chi connectivity index (χ1n) is 8.98. The zero-order chi connectivity index (χ0) is 20.2. The molecule has 1 amide bonds. The van der Waals surface area contributed by atoms with Crippen LogP contribution in [0.4, 0.5) is 17.1 Å². The average molecular weight is 402 g/mol. The van der Waals surface area contributed by atoms with E-state index in [0.29, 0.717) is 17.1 Å². The molecule has 2 heterocycles. The van der Waals surface area contributed by atoms with E-state index >= 15 is 0 Å². The molecular formula is C22H18N4O2S. The fourth-order valence-electron chi connectivity index (χ4n) is 3.00. The lowest BCUT2D eigenvalue weighted by atomic mass is 10.2. The molecule has 0 aliphatic rings. The number of carbonyl (C=O) groups excluding carboxylic acids is 1. The van der Waals surface area contributed by atoms with Crippen LogP contribution in [0.2, 0.25) is 0 Å². The number of hydrogen-bond acceptors (Lipinski definition) is 5. The molecule has 2 aromatic carbocycles. The summed E-state index contributed by atoms with van der Waals surface area (Å²) in [6.07, 6.45) is 0. The third-order valence-corrected chi connectivity index (χ3v) is 5.23. The van der Waals surface area contributed by atoms with Crippen molar-refractivity contribution in [1.82, 2.24) is 9.78 Å². The first-order valence-corrected chi connectivity index (χ1v) is 9.86. The molecule has 0 saturated heterocycles. The Hall–Kier alpha value is -3.71. The van der Waals surface area contributed by atoms with E-state index in [0.717, 1.165) is 9.56 Å². The van der Waals surface area contributed by atoms with Crippen molar-refractivity contribution in [3.05, 3.63) is 94.6 Å². The molecule has 4 rings (SSSR count). The molecule has 0 atom stereocenters. The molecule has 4 aromatic rings. The third kappa shape index (κ3) is 3.95. The molecular weight excluding hydrogens is 384 g/mol. The molecule has 2 N–H and O–H groups in total. The van der Waals surface area contributed by atoms with E-state index < -0.39 is 5.56 Å². The van der Waals surface area contributed by atoms with Gasteiger partial charge in [0.1, 0.15) is 17.9 Å². The van der Waals surface area contributed by atoms with Crippen molar-refractivity contribution in [3.63, 3.8) is 0 Å². The minimum absolute atomic E-state index is 0.0576. The van der Waals surface area contributed by atoms with Gasteiger partial charge in [-0.25, -0.2) is 4.68 Å². The van der Waals surface area contributed by atoms with Gasteiger partial charge in [-0.2, -0.15) is 5.10 Å². The number of nitrogen functional groups attached to an aromatic ring is 1. The Balaban J connectivity index is 1.73. The number of nitrogens with zero attached hydrogens (tertiary/aromatic N) is 3. The lowest BCUT2D eigenvalue weighted by Crippen LogP contribution is -2.35. The van der Waals surface area contributed by atoms with Crippen LogP contribution < -0.4 is 16.2 Å². The molecule has 6 nitrogen and oxygen atoms in total. The number of benzene rings is 2. The highest BCUT2D eigenvalue weighted by molar-refractivity contribution is 7.13. The maximum Gasteiger partial charge on any atom is 0.290 e. The standard InChI is InChI=1S/C22H18N4O2S/c23-18-14-19(20-12-7-13-29-20)24-25(22(18)28)15-21(27)26(16-8-3-1-4-9-16)17-10-5-2-6-11-17/h1-14H,15,23H2. The highest BCUT2D eigenvalue weighted by Crippen LogP contribution is 2.26.